The standard InChI is InChI=1S/C16H12N2O3/c1-18(14-8-3-2-5-13(14)10-17)15(19)11-6-4-7-12(9-11)16(20)21/h2-9H,1H3,(H,20,21). The van der Waals surface area contributed by atoms with E-state index >= 15 is 0 Å². The molecular weight excluding hydrogens is 268 g/mol. The predicted molar refractivity (Wildman–Crippen MR) is 77.3 cm³/mol. The van der Waals surface area contributed by atoms with Crippen LogP contribution in [0.1, 0.15) is 26.3 Å². The van der Waals surface area contributed by atoms with Gasteiger partial charge in [0.2, 0.25) is 0 Å². The summed E-state index contributed by atoms with van der Waals surface area (Å²) in [5, 5.41) is 18.0. The Balaban J connectivity index is 2.38. The van der Waals surface area contributed by atoms with Crippen LogP contribution < -0.4 is 4.90 Å². The van der Waals surface area contributed by atoms with Gasteiger partial charge in [0.05, 0.1) is 16.8 Å². The zero-order valence-electron chi connectivity index (χ0n) is 11.3. The number of amides is 1. The molecule has 0 aliphatic rings. The van der Waals surface area contributed by atoms with E-state index in [9.17, 15) is 9.59 Å². The largest absolute Gasteiger partial charge is 0.478 e. The van der Waals surface area contributed by atoms with Crippen LogP contribution in [0.2, 0.25) is 0 Å². The van der Waals surface area contributed by atoms with E-state index in [0.29, 0.717) is 11.3 Å². The number of carbonyl (C=O) groups is 2. The van der Waals surface area contributed by atoms with E-state index in [1.165, 1.54) is 23.1 Å². The van der Waals surface area contributed by atoms with Crippen molar-refractivity contribution in [3.05, 3.63) is 65.2 Å². The van der Waals surface area contributed by atoms with Gasteiger partial charge in [-0.05, 0) is 30.3 Å². The second-order valence-corrected chi connectivity index (χ2v) is 4.38. The molecule has 1 amide bonds. The molecule has 1 N–H and O–H groups in total. The topological polar surface area (TPSA) is 81.4 Å². The van der Waals surface area contributed by atoms with Gasteiger partial charge < -0.3 is 10.0 Å². The number of aromatic carboxylic acids is 1. The minimum atomic E-state index is -1.09. The number of carbonyl (C=O) groups excluding carboxylic acids is 1. The summed E-state index contributed by atoms with van der Waals surface area (Å²) in [6.45, 7) is 0. The van der Waals surface area contributed by atoms with Crippen molar-refractivity contribution < 1.29 is 14.7 Å². The van der Waals surface area contributed by atoms with Crippen LogP contribution in [-0.4, -0.2) is 24.0 Å². The Morgan fingerprint density at radius 2 is 1.76 bits per heavy atom. The lowest BCUT2D eigenvalue weighted by Gasteiger charge is -2.18. The maximum Gasteiger partial charge on any atom is 0.335 e. The average Bonchev–Trinajstić information content (AvgIpc) is 2.53. The number of hydrogen-bond acceptors (Lipinski definition) is 3. The highest BCUT2D eigenvalue weighted by Crippen LogP contribution is 2.20. The summed E-state index contributed by atoms with van der Waals surface area (Å²) in [7, 11) is 1.55. The van der Waals surface area contributed by atoms with Crippen LogP contribution in [0.4, 0.5) is 5.69 Å². The van der Waals surface area contributed by atoms with Crippen molar-refractivity contribution in [1.29, 1.82) is 5.26 Å². The first kappa shape index (κ1) is 14.3. The molecule has 0 saturated carbocycles. The van der Waals surface area contributed by atoms with Crippen molar-refractivity contribution in [2.45, 2.75) is 0 Å². The maximum atomic E-state index is 12.4. The third-order valence-electron chi connectivity index (χ3n) is 3.05. The Kier molecular flexibility index (Phi) is 4.00. The highest BCUT2D eigenvalue weighted by Gasteiger charge is 2.17. The van der Waals surface area contributed by atoms with Gasteiger partial charge in [-0.25, -0.2) is 4.79 Å². The van der Waals surface area contributed by atoms with Gasteiger partial charge in [-0.3, -0.25) is 4.79 Å². The monoisotopic (exact) mass is 280 g/mol. The summed E-state index contributed by atoms with van der Waals surface area (Å²) in [5.41, 5.74) is 1.15. The molecule has 5 nitrogen and oxygen atoms in total. The van der Waals surface area contributed by atoms with E-state index < -0.39 is 5.97 Å². The fraction of sp³-hybridized carbons (Fsp3) is 0.0625. The first-order chi connectivity index (χ1) is 10.0. The molecule has 0 saturated heterocycles. The van der Waals surface area contributed by atoms with Crippen LogP contribution in [0.15, 0.2) is 48.5 Å². The summed E-state index contributed by atoms with van der Waals surface area (Å²) in [5.74, 6) is -1.47. The van der Waals surface area contributed by atoms with Crippen LogP contribution in [0.3, 0.4) is 0 Å². The van der Waals surface area contributed by atoms with Crippen molar-refractivity contribution in [3.63, 3.8) is 0 Å². The Morgan fingerprint density at radius 3 is 2.43 bits per heavy atom. The van der Waals surface area contributed by atoms with Gasteiger partial charge in [-0.15, -0.1) is 0 Å². The van der Waals surface area contributed by atoms with Crippen LogP contribution >= 0.6 is 0 Å². The number of anilines is 1. The summed E-state index contributed by atoms with van der Waals surface area (Å²) in [4.78, 5) is 24.7. The average molecular weight is 280 g/mol. The molecule has 2 aromatic carbocycles. The molecule has 0 spiro atoms. The van der Waals surface area contributed by atoms with Gasteiger partial charge in [-0.2, -0.15) is 5.26 Å². The van der Waals surface area contributed by atoms with Crippen molar-refractivity contribution in [1.82, 2.24) is 0 Å². The first-order valence-corrected chi connectivity index (χ1v) is 6.15. The summed E-state index contributed by atoms with van der Waals surface area (Å²) in [6.07, 6.45) is 0. The number of carboxylic acid groups (broad SMARTS) is 1. The number of benzene rings is 2. The molecule has 0 heterocycles. The summed E-state index contributed by atoms with van der Waals surface area (Å²) < 4.78 is 0. The van der Waals surface area contributed by atoms with E-state index in [1.54, 1.807) is 37.4 Å². The van der Waals surface area contributed by atoms with E-state index in [1.807, 2.05) is 6.07 Å². The lowest BCUT2D eigenvalue weighted by Crippen LogP contribution is -2.27. The van der Waals surface area contributed by atoms with Crippen LogP contribution in [-0.2, 0) is 0 Å². The SMILES string of the molecule is CN(C(=O)c1cccc(C(=O)O)c1)c1ccccc1C#N. The number of hydrogen-bond donors (Lipinski definition) is 1. The molecule has 104 valence electrons. The molecule has 0 atom stereocenters. The zero-order chi connectivity index (χ0) is 15.4. The third-order valence-corrected chi connectivity index (χ3v) is 3.05. The second-order valence-electron chi connectivity index (χ2n) is 4.38. The van der Waals surface area contributed by atoms with Gasteiger partial charge in [0.15, 0.2) is 0 Å². The van der Waals surface area contributed by atoms with Gasteiger partial charge in [-0.1, -0.05) is 18.2 Å². The number of nitriles is 1. The number of rotatable bonds is 3. The van der Waals surface area contributed by atoms with Gasteiger partial charge >= 0.3 is 5.97 Å². The molecule has 0 aliphatic carbocycles. The fourth-order valence-corrected chi connectivity index (χ4v) is 1.95. The fourth-order valence-electron chi connectivity index (χ4n) is 1.95. The molecule has 0 fully saturated rings. The minimum absolute atomic E-state index is 0.0443. The molecule has 2 aromatic rings. The van der Waals surface area contributed by atoms with Gasteiger partial charge in [0.25, 0.3) is 5.91 Å². The van der Waals surface area contributed by atoms with Crippen LogP contribution in [0.5, 0.6) is 0 Å². The Labute approximate surface area is 121 Å². The predicted octanol–water partition coefficient (Wildman–Crippen LogP) is 2.53. The molecule has 5 heteroatoms. The van der Waals surface area contributed by atoms with Crippen molar-refractivity contribution in [2.24, 2.45) is 0 Å². The Hall–Kier alpha value is -3.13. The number of nitrogens with zero attached hydrogens (tertiary/aromatic N) is 2. The van der Waals surface area contributed by atoms with Crippen LogP contribution in [0.25, 0.3) is 0 Å². The van der Waals surface area contributed by atoms with E-state index in [4.69, 9.17) is 10.4 Å². The quantitative estimate of drug-likeness (QED) is 0.936. The molecule has 21 heavy (non-hydrogen) atoms. The van der Waals surface area contributed by atoms with Crippen LogP contribution in [0, 0.1) is 11.3 Å². The normalized spacial score (nSPS) is 9.71. The lowest BCUT2D eigenvalue weighted by molar-refractivity contribution is 0.0697. The Morgan fingerprint density at radius 1 is 1.10 bits per heavy atom. The molecule has 0 aromatic heterocycles. The molecule has 0 bridgehead atoms. The number of para-hydroxylation sites is 1. The smallest absolute Gasteiger partial charge is 0.335 e. The summed E-state index contributed by atoms with van der Waals surface area (Å²) in [6, 6.07) is 14.5. The summed E-state index contributed by atoms with van der Waals surface area (Å²) >= 11 is 0. The first-order valence-electron chi connectivity index (χ1n) is 6.15. The van der Waals surface area contributed by atoms with Crippen molar-refractivity contribution in [3.8, 4) is 6.07 Å². The van der Waals surface area contributed by atoms with Gasteiger partial charge in [0, 0.05) is 12.6 Å². The zero-order valence-corrected chi connectivity index (χ0v) is 11.3. The third kappa shape index (κ3) is 2.90. The number of carboxylic acids is 1. The highest BCUT2D eigenvalue weighted by atomic mass is 16.4. The lowest BCUT2D eigenvalue weighted by atomic mass is 10.1. The molecule has 0 aliphatic heterocycles. The highest BCUT2D eigenvalue weighted by molar-refractivity contribution is 6.07. The van der Waals surface area contributed by atoms with Crippen molar-refractivity contribution >= 4 is 17.6 Å². The molecule has 2 rings (SSSR count). The van der Waals surface area contributed by atoms with E-state index in [-0.39, 0.29) is 17.0 Å². The molecule has 0 unspecified atom stereocenters. The minimum Gasteiger partial charge on any atom is -0.478 e. The van der Waals surface area contributed by atoms with E-state index in [0.717, 1.165) is 0 Å². The second kappa shape index (κ2) is 5.88. The molecule has 0 radical (unpaired) electrons. The van der Waals surface area contributed by atoms with E-state index in [2.05, 4.69) is 0 Å². The van der Waals surface area contributed by atoms with Gasteiger partial charge in [0.1, 0.15) is 6.07 Å². The van der Waals surface area contributed by atoms with Crippen molar-refractivity contribution in [2.75, 3.05) is 11.9 Å². The molecular formula is C16H12N2O3. The maximum absolute atomic E-state index is 12.4. The Bertz CT molecular complexity index is 747.